The summed E-state index contributed by atoms with van der Waals surface area (Å²) in [6, 6.07) is 7.52. The van der Waals surface area contributed by atoms with Gasteiger partial charge in [0.05, 0.1) is 15.6 Å². The van der Waals surface area contributed by atoms with Gasteiger partial charge < -0.3 is 0 Å². The van der Waals surface area contributed by atoms with Gasteiger partial charge in [0.1, 0.15) is 0 Å². The number of carbonyl (C=O) groups is 1. The Morgan fingerprint density at radius 3 is 2.29 bits per heavy atom. The summed E-state index contributed by atoms with van der Waals surface area (Å²) in [6.45, 7) is 1.45. The van der Waals surface area contributed by atoms with E-state index in [0.717, 1.165) is 18.2 Å². The van der Waals surface area contributed by atoms with Crippen LogP contribution in [0.5, 0.6) is 0 Å². The number of hydrogen-bond acceptors (Lipinski definition) is 1. The molecular formula is C15H9Cl2F3O. The molecule has 0 fully saturated rings. The standard InChI is InChI=1S/C15H9Cl2F3O/c1-8-7-9(15(18,19)20)5-6-10(8)14(21)11-3-2-4-12(16)13(11)17/h2-7H,1H3. The molecule has 6 heteroatoms. The molecule has 0 atom stereocenters. The molecule has 0 aliphatic heterocycles. The molecule has 0 N–H and O–H groups in total. The first kappa shape index (κ1) is 15.9. The number of carbonyl (C=O) groups excluding carboxylic acids is 1. The summed E-state index contributed by atoms with van der Waals surface area (Å²) >= 11 is 11.8. The van der Waals surface area contributed by atoms with Gasteiger partial charge in [-0.25, -0.2) is 0 Å². The van der Waals surface area contributed by atoms with Crippen LogP contribution in [-0.2, 0) is 6.18 Å². The predicted molar refractivity (Wildman–Crippen MR) is 76.1 cm³/mol. The Bertz CT molecular complexity index is 709. The first-order valence-corrected chi connectivity index (χ1v) is 6.64. The Kier molecular flexibility index (Phi) is 4.30. The minimum atomic E-state index is -4.44. The lowest BCUT2D eigenvalue weighted by Gasteiger charge is -2.11. The highest BCUT2D eigenvalue weighted by Crippen LogP contribution is 2.32. The molecule has 0 aliphatic rings. The molecule has 0 spiro atoms. The van der Waals surface area contributed by atoms with Crippen LogP contribution in [0.4, 0.5) is 13.2 Å². The van der Waals surface area contributed by atoms with Crippen molar-refractivity contribution in [1.82, 2.24) is 0 Å². The van der Waals surface area contributed by atoms with Gasteiger partial charge in [-0.2, -0.15) is 13.2 Å². The third kappa shape index (κ3) is 3.22. The topological polar surface area (TPSA) is 17.1 Å². The zero-order valence-electron chi connectivity index (χ0n) is 10.8. The zero-order chi connectivity index (χ0) is 15.8. The highest BCUT2D eigenvalue weighted by atomic mass is 35.5. The summed E-state index contributed by atoms with van der Waals surface area (Å²) < 4.78 is 37.9. The van der Waals surface area contributed by atoms with Gasteiger partial charge >= 0.3 is 6.18 Å². The predicted octanol–water partition coefficient (Wildman–Crippen LogP) is 5.55. The van der Waals surface area contributed by atoms with Crippen LogP contribution < -0.4 is 0 Å². The molecule has 2 aromatic carbocycles. The van der Waals surface area contributed by atoms with Crippen molar-refractivity contribution in [2.75, 3.05) is 0 Å². The first-order chi connectivity index (χ1) is 9.71. The van der Waals surface area contributed by atoms with Crippen molar-refractivity contribution in [3.05, 3.63) is 68.7 Å². The number of rotatable bonds is 2. The van der Waals surface area contributed by atoms with Crippen LogP contribution in [0.2, 0.25) is 10.0 Å². The van der Waals surface area contributed by atoms with Crippen molar-refractivity contribution in [1.29, 1.82) is 0 Å². The summed E-state index contributed by atoms with van der Waals surface area (Å²) in [5.41, 5.74) is -0.251. The lowest BCUT2D eigenvalue weighted by atomic mass is 9.97. The molecule has 0 saturated carbocycles. The SMILES string of the molecule is Cc1cc(C(F)(F)F)ccc1C(=O)c1cccc(Cl)c1Cl. The molecule has 110 valence electrons. The highest BCUT2D eigenvalue weighted by molar-refractivity contribution is 6.44. The maximum Gasteiger partial charge on any atom is 0.416 e. The normalized spacial score (nSPS) is 11.5. The Labute approximate surface area is 129 Å². The molecule has 0 aromatic heterocycles. The van der Waals surface area contributed by atoms with E-state index in [9.17, 15) is 18.0 Å². The third-order valence-corrected chi connectivity index (χ3v) is 3.81. The van der Waals surface area contributed by atoms with Crippen LogP contribution >= 0.6 is 23.2 Å². The zero-order valence-corrected chi connectivity index (χ0v) is 12.3. The third-order valence-electron chi connectivity index (χ3n) is 2.99. The second kappa shape index (κ2) is 5.70. The number of alkyl halides is 3. The van der Waals surface area contributed by atoms with Gasteiger partial charge in [0, 0.05) is 11.1 Å². The number of benzene rings is 2. The van der Waals surface area contributed by atoms with Crippen LogP contribution in [0.3, 0.4) is 0 Å². The molecule has 1 nitrogen and oxygen atoms in total. The number of ketones is 1. The van der Waals surface area contributed by atoms with E-state index in [4.69, 9.17) is 23.2 Å². The molecular weight excluding hydrogens is 324 g/mol. The molecule has 0 bridgehead atoms. The molecule has 2 aromatic rings. The van der Waals surface area contributed by atoms with E-state index in [0.29, 0.717) is 0 Å². The lowest BCUT2D eigenvalue weighted by Crippen LogP contribution is -2.09. The molecule has 0 heterocycles. The average molecular weight is 333 g/mol. The Morgan fingerprint density at radius 2 is 1.71 bits per heavy atom. The van der Waals surface area contributed by atoms with E-state index in [2.05, 4.69) is 0 Å². The van der Waals surface area contributed by atoms with E-state index >= 15 is 0 Å². The fourth-order valence-electron chi connectivity index (χ4n) is 1.92. The van der Waals surface area contributed by atoms with Gasteiger partial charge in [-0.05, 0) is 36.8 Å². The van der Waals surface area contributed by atoms with Gasteiger partial charge in [-0.1, -0.05) is 35.3 Å². The van der Waals surface area contributed by atoms with Gasteiger partial charge in [0.25, 0.3) is 0 Å². The maximum atomic E-state index is 12.6. The van der Waals surface area contributed by atoms with E-state index in [1.54, 1.807) is 6.07 Å². The minimum absolute atomic E-state index is 0.0865. The fraction of sp³-hybridized carbons (Fsp3) is 0.133. The number of hydrogen-bond donors (Lipinski definition) is 0. The lowest BCUT2D eigenvalue weighted by molar-refractivity contribution is -0.137. The van der Waals surface area contributed by atoms with Crippen LogP contribution in [0, 0.1) is 6.92 Å². The van der Waals surface area contributed by atoms with E-state index in [1.807, 2.05) is 0 Å². The van der Waals surface area contributed by atoms with Crippen molar-refractivity contribution in [3.63, 3.8) is 0 Å². The smallest absolute Gasteiger partial charge is 0.289 e. The Hall–Kier alpha value is -1.52. The van der Waals surface area contributed by atoms with Gasteiger partial charge in [-0.15, -0.1) is 0 Å². The first-order valence-electron chi connectivity index (χ1n) is 5.88. The summed E-state index contributed by atoms with van der Waals surface area (Å²) in [5, 5.41) is 0.301. The van der Waals surface area contributed by atoms with Gasteiger partial charge in [0.15, 0.2) is 5.78 Å². The van der Waals surface area contributed by atoms with E-state index < -0.39 is 17.5 Å². The van der Waals surface area contributed by atoms with Gasteiger partial charge in [-0.3, -0.25) is 4.79 Å². The molecule has 0 saturated heterocycles. The molecule has 0 radical (unpaired) electrons. The summed E-state index contributed by atoms with van der Waals surface area (Å²) in [7, 11) is 0. The van der Waals surface area contributed by atoms with Crippen molar-refractivity contribution >= 4 is 29.0 Å². The molecule has 0 unspecified atom stereocenters. The van der Waals surface area contributed by atoms with Crippen LogP contribution in [-0.4, -0.2) is 5.78 Å². The molecule has 0 aliphatic carbocycles. The van der Waals surface area contributed by atoms with Crippen molar-refractivity contribution < 1.29 is 18.0 Å². The second-order valence-corrected chi connectivity index (χ2v) is 5.24. The monoisotopic (exact) mass is 332 g/mol. The minimum Gasteiger partial charge on any atom is -0.289 e. The summed E-state index contributed by atoms with van der Waals surface area (Å²) in [5.74, 6) is -0.464. The Balaban J connectivity index is 2.48. The number of halogens is 5. The van der Waals surface area contributed by atoms with Crippen LogP contribution in [0.25, 0.3) is 0 Å². The summed E-state index contributed by atoms with van der Waals surface area (Å²) in [6.07, 6.45) is -4.44. The van der Waals surface area contributed by atoms with Crippen LogP contribution in [0.1, 0.15) is 27.0 Å². The maximum absolute atomic E-state index is 12.6. The molecule has 0 amide bonds. The van der Waals surface area contributed by atoms with E-state index in [1.165, 1.54) is 19.1 Å². The fourth-order valence-corrected chi connectivity index (χ4v) is 2.31. The average Bonchev–Trinajstić information content (AvgIpc) is 2.40. The second-order valence-electron chi connectivity index (χ2n) is 4.46. The highest BCUT2D eigenvalue weighted by Gasteiger charge is 2.31. The van der Waals surface area contributed by atoms with Crippen molar-refractivity contribution in [2.45, 2.75) is 13.1 Å². The largest absolute Gasteiger partial charge is 0.416 e. The molecule has 21 heavy (non-hydrogen) atoms. The van der Waals surface area contributed by atoms with E-state index in [-0.39, 0.29) is 26.7 Å². The van der Waals surface area contributed by atoms with Gasteiger partial charge in [0.2, 0.25) is 0 Å². The van der Waals surface area contributed by atoms with Crippen LogP contribution in [0.15, 0.2) is 36.4 Å². The number of aryl methyl sites for hydroxylation is 1. The summed E-state index contributed by atoms with van der Waals surface area (Å²) in [4.78, 5) is 12.4. The van der Waals surface area contributed by atoms with Crippen molar-refractivity contribution in [3.8, 4) is 0 Å². The quantitative estimate of drug-likeness (QED) is 0.659. The van der Waals surface area contributed by atoms with Crippen molar-refractivity contribution in [2.24, 2.45) is 0 Å². The molecule has 2 rings (SSSR count). The Morgan fingerprint density at radius 1 is 1.05 bits per heavy atom.